The molecule has 1 saturated heterocycles. The summed E-state index contributed by atoms with van der Waals surface area (Å²) in [6, 6.07) is 3.37. The van der Waals surface area contributed by atoms with Gasteiger partial charge in [0.25, 0.3) is 0 Å². The fourth-order valence-corrected chi connectivity index (χ4v) is 2.16. The van der Waals surface area contributed by atoms with E-state index in [0.29, 0.717) is 0 Å². The Balaban J connectivity index is 2.11. The van der Waals surface area contributed by atoms with E-state index in [9.17, 15) is 13.6 Å². The topological polar surface area (TPSA) is 20.3 Å². The van der Waals surface area contributed by atoms with Gasteiger partial charge in [0.2, 0.25) is 0 Å². The largest absolute Gasteiger partial charge is 0.306 e. The van der Waals surface area contributed by atoms with Gasteiger partial charge in [0.1, 0.15) is 0 Å². The van der Waals surface area contributed by atoms with Gasteiger partial charge in [-0.05, 0) is 51.2 Å². The number of halogens is 2. The molecule has 1 fully saturated rings. The highest BCUT2D eigenvalue weighted by atomic mass is 19.2. The van der Waals surface area contributed by atoms with E-state index in [4.69, 9.17) is 0 Å². The molecule has 1 aliphatic heterocycles. The molecule has 0 bridgehead atoms. The summed E-state index contributed by atoms with van der Waals surface area (Å²) in [7, 11) is 2.01. The second kappa shape index (κ2) is 4.92. The smallest absolute Gasteiger partial charge is 0.166 e. The molecule has 1 heterocycles. The summed E-state index contributed by atoms with van der Waals surface area (Å²) in [5.41, 5.74) is 0.276. The van der Waals surface area contributed by atoms with Crippen molar-refractivity contribution in [1.29, 1.82) is 0 Å². The maximum absolute atomic E-state index is 13.0. The standard InChI is InChI=1S/C13H15F2NO/c1-16-6-4-9(5-7-16)13(17)10-2-3-11(14)12(15)8-10/h2-3,8-9H,4-7H2,1H3. The van der Waals surface area contributed by atoms with E-state index >= 15 is 0 Å². The van der Waals surface area contributed by atoms with Crippen LogP contribution in [0.3, 0.4) is 0 Å². The molecule has 92 valence electrons. The van der Waals surface area contributed by atoms with Gasteiger partial charge in [-0.1, -0.05) is 0 Å². The van der Waals surface area contributed by atoms with Crippen molar-refractivity contribution in [3.63, 3.8) is 0 Å². The SMILES string of the molecule is CN1CCC(C(=O)c2ccc(F)c(F)c2)CC1. The van der Waals surface area contributed by atoms with Gasteiger partial charge < -0.3 is 4.90 Å². The number of ketones is 1. The van der Waals surface area contributed by atoms with E-state index in [1.807, 2.05) is 7.05 Å². The third kappa shape index (κ3) is 2.69. The molecule has 0 spiro atoms. The third-order valence-corrected chi connectivity index (χ3v) is 3.29. The molecule has 0 radical (unpaired) electrons. The van der Waals surface area contributed by atoms with Gasteiger partial charge in [-0.15, -0.1) is 0 Å². The molecular formula is C13H15F2NO. The van der Waals surface area contributed by atoms with E-state index in [-0.39, 0.29) is 17.3 Å². The molecule has 0 amide bonds. The lowest BCUT2D eigenvalue weighted by Gasteiger charge is -2.27. The van der Waals surface area contributed by atoms with E-state index in [1.165, 1.54) is 6.07 Å². The zero-order chi connectivity index (χ0) is 12.4. The summed E-state index contributed by atoms with van der Waals surface area (Å²) < 4.78 is 25.8. The maximum atomic E-state index is 13.0. The van der Waals surface area contributed by atoms with Crippen LogP contribution in [0.1, 0.15) is 23.2 Å². The van der Waals surface area contributed by atoms with Crippen LogP contribution < -0.4 is 0 Å². The zero-order valence-corrected chi connectivity index (χ0v) is 9.75. The van der Waals surface area contributed by atoms with Crippen molar-refractivity contribution in [1.82, 2.24) is 4.90 Å². The van der Waals surface area contributed by atoms with E-state index in [2.05, 4.69) is 4.90 Å². The molecule has 1 aliphatic rings. The van der Waals surface area contributed by atoms with Gasteiger partial charge >= 0.3 is 0 Å². The van der Waals surface area contributed by atoms with Crippen LogP contribution in [0.4, 0.5) is 8.78 Å². The Labute approximate surface area is 99.2 Å². The minimum absolute atomic E-state index is 0.0592. The van der Waals surface area contributed by atoms with Crippen LogP contribution in [0, 0.1) is 17.6 Å². The lowest BCUT2D eigenvalue weighted by molar-refractivity contribution is 0.0856. The van der Waals surface area contributed by atoms with Gasteiger partial charge in [0, 0.05) is 11.5 Å². The quantitative estimate of drug-likeness (QED) is 0.739. The molecule has 0 atom stereocenters. The van der Waals surface area contributed by atoms with Crippen LogP contribution in [0.5, 0.6) is 0 Å². The number of rotatable bonds is 2. The first-order valence-electron chi connectivity index (χ1n) is 5.75. The number of hydrogen-bond acceptors (Lipinski definition) is 2. The fourth-order valence-electron chi connectivity index (χ4n) is 2.16. The molecule has 0 saturated carbocycles. The van der Waals surface area contributed by atoms with Crippen LogP contribution in [0.2, 0.25) is 0 Å². The number of benzene rings is 1. The molecule has 0 aromatic heterocycles. The minimum Gasteiger partial charge on any atom is -0.306 e. The second-order valence-electron chi connectivity index (χ2n) is 4.57. The van der Waals surface area contributed by atoms with Crippen molar-refractivity contribution in [2.75, 3.05) is 20.1 Å². The zero-order valence-electron chi connectivity index (χ0n) is 9.75. The van der Waals surface area contributed by atoms with Gasteiger partial charge in [-0.25, -0.2) is 8.78 Å². The molecular weight excluding hydrogens is 224 g/mol. The Hall–Kier alpha value is -1.29. The minimum atomic E-state index is -0.955. The van der Waals surface area contributed by atoms with Crippen molar-refractivity contribution in [3.8, 4) is 0 Å². The molecule has 1 aromatic carbocycles. The average molecular weight is 239 g/mol. The van der Waals surface area contributed by atoms with Gasteiger partial charge in [0.15, 0.2) is 17.4 Å². The summed E-state index contributed by atoms with van der Waals surface area (Å²) in [6.45, 7) is 1.75. The third-order valence-electron chi connectivity index (χ3n) is 3.29. The van der Waals surface area contributed by atoms with Crippen LogP contribution in [-0.4, -0.2) is 30.8 Å². The first-order valence-corrected chi connectivity index (χ1v) is 5.75. The molecule has 0 unspecified atom stereocenters. The van der Waals surface area contributed by atoms with Crippen LogP contribution >= 0.6 is 0 Å². The fraction of sp³-hybridized carbons (Fsp3) is 0.462. The highest BCUT2D eigenvalue weighted by molar-refractivity contribution is 5.97. The van der Waals surface area contributed by atoms with Crippen molar-refractivity contribution >= 4 is 5.78 Å². The number of hydrogen-bond donors (Lipinski definition) is 0. The Bertz CT molecular complexity index is 425. The lowest BCUT2D eigenvalue weighted by Crippen LogP contribution is -2.33. The highest BCUT2D eigenvalue weighted by Crippen LogP contribution is 2.21. The van der Waals surface area contributed by atoms with Gasteiger partial charge in [-0.3, -0.25) is 4.79 Å². The summed E-state index contributed by atoms with van der Waals surface area (Å²) >= 11 is 0. The monoisotopic (exact) mass is 239 g/mol. The summed E-state index contributed by atoms with van der Waals surface area (Å²) in [5, 5.41) is 0. The normalized spacial score (nSPS) is 18.3. The number of likely N-dealkylation sites (tertiary alicyclic amines) is 1. The number of Topliss-reactive ketones (excluding diaryl/α,β-unsaturated/α-hetero) is 1. The van der Waals surface area contributed by atoms with Crippen molar-refractivity contribution in [3.05, 3.63) is 35.4 Å². The summed E-state index contributed by atoms with van der Waals surface area (Å²) in [5.74, 6) is -2.00. The maximum Gasteiger partial charge on any atom is 0.166 e. The highest BCUT2D eigenvalue weighted by Gasteiger charge is 2.24. The average Bonchev–Trinajstić information content (AvgIpc) is 2.33. The Kier molecular flexibility index (Phi) is 3.52. The van der Waals surface area contributed by atoms with Crippen molar-refractivity contribution in [2.24, 2.45) is 5.92 Å². The molecule has 2 nitrogen and oxygen atoms in total. The predicted molar refractivity (Wildman–Crippen MR) is 60.9 cm³/mol. The molecule has 0 N–H and O–H groups in total. The Morgan fingerprint density at radius 3 is 2.47 bits per heavy atom. The van der Waals surface area contributed by atoms with Gasteiger partial charge in [0.05, 0.1) is 0 Å². The number of piperidine rings is 1. The van der Waals surface area contributed by atoms with Crippen LogP contribution in [0.25, 0.3) is 0 Å². The number of carbonyl (C=O) groups is 1. The first-order chi connectivity index (χ1) is 8.08. The van der Waals surface area contributed by atoms with Crippen molar-refractivity contribution < 1.29 is 13.6 Å². The van der Waals surface area contributed by atoms with E-state index in [0.717, 1.165) is 38.1 Å². The van der Waals surface area contributed by atoms with Crippen molar-refractivity contribution in [2.45, 2.75) is 12.8 Å². The predicted octanol–water partition coefficient (Wildman–Crippen LogP) is 2.49. The van der Waals surface area contributed by atoms with E-state index in [1.54, 1.807) is 0 Å². The Morgan fingerprint density at radius 1 is 1.24 bits per heavy atom. The molecule has 17 heavy (non-hydrogen) atoms. The Morgan fingerprint density at radius 2 is 1.88 bits per heavy atom. The van der Waals surface area contributed by atoms with Gasteiger partial charge in [-0.2, -0.15) is 0 Å². The summed E-state index contributed by atoms with van der Waals surface area (Å²) in [4.78, 5) is 14.2. The van der Waals surface area contributed by atoms with E-state index < -0.39 is 11.6 Å². The summed E-state index contributed by atoms with van der Waals surface area (Å²) in [6.07, 6.45) is 1.57. The number of carbonyl (C=O) groups excluding carboxylic acids is 1. The first kappa shape index (κ1) is 12.2. The lowest BCUT2D eigenvalue weighted by atomic mass is 9.89. The molecule has 0 aliphatic carbocycles. The van der Waals surface area contributed by atoms with Crippen LogP contribution in [0.15, 0.2) is 18.2 Å². The molecule has 2 rings (SSSR count). The number of nitrogens with zero attached hydrogens (tertiary/aromatic N) is 1. The van der Waals surface area contributed by atoms with Crippen LogP contribution in [-0.2, 0) is 0 Å². The second-order valence-corrected chi connectivity index (χ2v) is 4.57. The molecule has 1 aromatic rings. The molecule has 4 heteroatoms.